The first kappa shape index (κ1) is 17.9. The predicted octanol–water partition coefficient (Wildman–Crippen LogP) is 4.97. The van der Waals surface area contributed by atoms with Crippen LogP contribution in [0.3, 0.4) is 0 Å². The molecule has 0 unspecified atom stereocenters. The third kappa shape index (κ3) is 4.28. The molecule has 2 heterocycles. The molecular formula is C23H25FN2O. The molecule has 1 aromatic heterocycles. The molecule has 27 heavy (non-hydrogen) atoms. The Kier molecular flexibility index (Phi) is 5.35. The van der Waals surface area contributed by atoms with E-state index < -0.39 is 0 Å². The van der Waals surface area contributed by atoms with Crippen molar-refractivity contribution in [1.29, 1.82) is 0 Å². The maximum Gasteiger partial charge on any atom is 0.130 e. The monoisotopic (exact) mass is 364 g/mol. The van der Waals surface area contributed by atoms with E-state index in [-0.39, 0.29) is 5.82 Å². The van der Waals surface area contributed by atoms with Crippen molar-refractivity contribution >= 4 is 10.9 Å². The first-order chi connectivity index (χ1) is 13.2. The Hall–Kier alpha value is -2.46. The molecule has 3 aromatic rings. The van der Waals surface area contributed by atoms with E-state index in [0.717, 1.165) is 60.4 Å². The fourth-order valence-electron chi connectivity index (χ4n) is 3.78. The van der Waals surface area contributed by atoms with Crippen LogP contribution in [0.2, 0.25) is 0 Å². The molecule has 0 bridgehead atoms. The van der Waals surface area contributed by atoms with Gasteiger partial charge in [-0.1, -0.05) is 30.3 Å². The molecule has 0 saturated carbocycles. The van der Waals surface area contributed by atoms with Crippen LogP contribution in [0.1, 0.15) is 24.1 Å². The highest BCUT2D eigenvalue weighted by molar-refractivity contribution is 5.85. The van der Waals surface area contributed by atoms with Gasteiger partial charge >= 0.3 is 0 Å². The average molecular weight is 364 g/mol. The second-order valence-electron chi connectivity index (χ2n) is 7.40. The predicted molar refractivity (Wildman–Crippen MR) is 106 cm³/mol. The minimum absolute atomic E-state index is 0.108. The Balaban J connectivity index is 1.33. The molecule has 4 rings (SSSR count). The molecule has 2 aromatic carbocycles. The van der Waals surface area contributed by atoms with Gasteiger partial charge in [0.05, 0.1) is 12.1 Å². The number of piperidine rings is 1. The molecule has 1 fully saturated rings. The van der Waals surface area contributed by atoms with E-state index in [0.29, 0.717) is 12.5 Å². The van der Waals surface area contributed by atoms with Crippen LogP contribution < -0.4 is 4.74 Å². The van der Waals surface area contributed by atoms with Crippen LogP contribution in [0.15, 0.2) is 54.6 Å². The zero-order valence-corrected chi connectivity index (χ0v) is 15.7. The van der Waals surface area contributed by atoms with Gasteiger partial charge < -0.3 is 4.74 Å². The smallest absolute Gasteiger partial charge is 0.130 e. The summed E-state index contributed by atoms with van der Waals surface area (Å²) in [4.78, 5) is 6.90. The molecule has 1 aliphatic rings. The summed E-state index contributed by atoms with van der Waals surface area (Å²) in [5, 5.41) is 1.07. The topological polar surface area (TPSA) is 25.4 Å². The number of pyridine rings is 1. The molecule has 0 amide bonds. The molecular weight excluding hydrogens is 339 g/mol. The van der Waals surface area contributed by atoms with E-state index in [1.54, 1.807) is 6.07 Å². The largest absolute Gasteiger partial charge is 0.493 e. The van der Waals surface area contributed by atoms with Crippen LogP contribution in [0.25, 0.3) is 10.9 Å². The molecule has 0 radical (unpaired) electrons. The van der Waals surface area contributed by atoms with E-state index in [4.69, 9.17) is 4.74 Å². The summed E-state index contributed by atoms with van der Waals surface area (Å²) in [5.74, 6) is 1.35. The van der Waals surface area contributed by atoms with Crippen molar-refractivity contribution in [3.63, 3.8) is 0 Å². The Labute approximate surface area is 159 Å². The van der Waals surface area contributed by atoms with Gasteiger partial charge in [0.1, 0.15) is 11.6 Å². The third-order valence-electron chi connectivity index (χ3n) is 5.34. The van der Waals surface area contributed by atoms with Crippen molar-refractivity contribution in [3.8, 4) is 5.75 Å². The number of likely N-dealkylation sites (tertiary alicyclic amines) is 1. The number of aromatic nitrogens is 1. The Morgan fingerprint density at radius 2 is 1.81 bits per heavy atom. The van der Waals surface area contributed by atoms with Gasteiger partial charge in [0.2, 0.25) is 0 Å². The molecule has 1 saturated heterocycles. The number of fused-ring (bicyclic) bond motifs is 1. The van der Waals surface area contributed by atoms with Gasteiger partial charge in [-0.3, -0.25) is 9.88 Å². The summed E-state index contributed by atoms with van der Waals surface area (Å²) in [7, 11) is 0. The maximum atomic E-state index is 13.8. The molecule has 1 aliphatic heterocycles. The number of para-hydroxylation sites is 1. The van der Waals surface area contributed by atoms with Gasteiger partial charge in [-0.15, -0.1) is 0 Å². The van der Waals surface area contributed by atoms with Crippen molar-refractivity contribution in [2.24, 2.45) is 5.92 Å². The summed E-state index contributed by atoms with van der Waals surface area (Å²) >= 11 is 0. The van der Waals surface area contributed by atoms with Crippen molar-refractivity contribution in [3.05, 3.63) is 71.7 Å². The zero-order valence-electron chi connectivity index (χ0n) is 15.7. The van der Waals surface area contributed by atoms with Crippen molar-refractivity contribution in [2.75, 3.05) is 19.7 Å². The normalized spacial score (nSPS) is 15.9. The summed E-state index contributed by atoms with van der Waals surface area (Å²) < 4.78 is 20.0. The number of rotatable bonds is 5. The van der Waals surface area contributed by atoms with Crippen molar-refractivity contribution < 1.29 is 9.13 Å². The van der Waals surface area contributed by atoms with E-state index in [1.807, 2.05) is 43.3 Å². The lowest BCUT2D eigenvalue weighted by Crippen LogP contribution is -2.35. The number of nitrogens with zero attached hydrogens (tertiary/aromatic N) is 2. The second-order valence-corrected chi connectivity index (χ2v) is 7.40. The van der Waals surface area contributed by atoms with Gasteiger partial charge in [0.25, 0.3) is 0 Å². The van der Waals surface area contributed by atoms with Gasteiger partial charge in [-0.25, -0.2) is 4.39 Å². The molecule has 0 aliphatic carbocycles. The minimum Gasteiger partial charge on any atom is -0.493 e. The zero-order chi connectivity index (χ0) is 18.6. The van der Waals surface area contributed by atoms with E-state index in [1.165, 1.54) is 6.07 Å². The van der Waals surface area contributed by atoms with Crippen LogP contribution in [-0.2, 0) is 6.54 Å². The van der Waals surface area contributed by atoms with Gasteiger partial charge in [-0.2, -0.15) is 0 Å². The Morgan fingerprint density at radius 1 is 1.07 bits per heavy atom. The Morgan fingerprint density at radius 3 is 2.63 bits per heavy atom. The van der Waals surface area contributed by atoms with Crippen molar-refractivity contribution in [2.45, 2.75) is 26.3 Å². The number of ether oxygens (including phenoxy) is 1. The van der Waals surface area contributed by atoms with Crippen LogP contribution >= 0.6 is 0 Å². The summed E-state index contributed by atoms with van der Waals surface area (Å²) in [6.07, 6.45) is 2.16. The third-order valence-corrected chi connectivity index (χ3v) is 5.34. The molecule has 140 valence electrons. The molecule has 0 spiro atoms. The van der Waals surface area contributed by atoms with E-state index in [2.05, 4.69) is 16.0 Å². The van der Waals surface area contributed by atoms with Gasteiger partial charge in [0.15, 0.2) is 0 Å². The van der Waals surface area contributed by atoms with E-state index in [9.17, 15) is 4.39 Å². The quantitative estimate of drug-likeness (QED) is 0.639. The molecule has 3 nitrogen and oxygen atoms in total. The standard InChI is InChI=1S/C23H25FN2O/c1-17-14-23(20-7-3-5-9-22(20)25-17)27-16-18-10-12-26(13-11-18)15-19-6-2-4-8-21(19)24/h2-9,14,18H,10-13,15-16H2,1H3. The summed E-state index contributed by atoms with van der Waals surface area (Å²) in [6, 6.07) is 17.2. The van der Waals surface area contributed by atoms with Gasteiger partial charge in [-0.05, 0) is 57.0 Å². The SMILES string of the molecule is Cc1cc(OCC2CCN(Cc3ccccc3F)CC2)c2ccccc2n1. The highest BCUT2D eigenvalue weighted by Crippen LogP contribution is 2.27. The Bertz CT molecular complexity index is 919. The van der Waals surface area contributed by atoms with Crippen LogP contribution in [0.5, 0.6) is 5.75 Å². The van der Waals surface area contributed by atoms with Crippen molar-refractivity contribution in [1.82, 2.24) is 9.88 Å². The average Bonchev–Trinajstić information content (AvgIpc) is 2.69. The van der Waals surface area contributed by atoms with Crippen LogP contribution in [0, 0.1) is 18.7 Å². The lowest BCUT2D eigenvalue weighted by molar-refractivity contribution is 0.136. The number of halogens is 1. The number of aryl methyl sites for hydroxylation is 1. The lowest BCUT2D eigenvalue weighted by Gasteiger charge is -2.32. The molecule has 0 atom stereocenters. The first-order valence-electron chi connectivity index (χ1n) is 9.64. The number of hydrogen-bond donors (Lipinski definition) is 0. The second kappa shape index (κ2) is 8.05. The lowest BCUT2D eigenvalue weighted by atomic mass is 9.97. The highest BCUT2D eigenvalue weighted by atomic mass is 19.1. The fraction of sp³-hybridized carbons (Fsp3) is 0.348. The number of hydrogen-bond acceptors (Lipinski definition) is 3. The van der Waals surface area contributed by atoms with Crippen LogP contribution in [0.4, 0.5) is 4.39 Å². The molecule has 0 N–H and O–H groups in total. The van der Waals surface area contributed by atoms with Crippen LogP contribution in [-0.4, -0.2) is 29.6 Å². The number of benzene rings is 2. The summed E-state index contributed by atoms with van der Waals surface area (Å²) in [5.41, 5.74) is 2.74. The summed E-state index contributed by atoms with van der Waals surface area (Å²) in [6.45, 7) is 5.38. The maximum absolute atomic E-state index is 13.8. The molecule has 4 heteroatoms. The van der Waals surface area contributed by atoms with Gasteiger partial charge in [0, 0.05) is 29.3 Å². The highest BCUT2D eigenvalue weighted by Gasteiger charge is 2.21. The first-order valence-corrected chi connectivity index (χ1v) is 9.64. The van der Waals surface area contributed by atoms with E-state index >= 15 is 0 Å². The fourth-order valence-corrected chi connectivity index (χ4v) is 3.78. The minimum atomic E-state index is -0.108.